The standard InChI is InChI=1S/C20H19ClN4O5S3/c1-2-9-24-15-12-14(25(27)28)3-4-16(15)31-20(24)22-19(26)13-7-10-23(11-8-13)33(29,30)18-6-5-17(21)32-18/h2-6,12-13H,1,7-11H2. The normalized spacial score (nSPS) is 16.3. The van der Waals surface area contributed by atoms with E-state index in [1.54, 1.807) is 22.8 Å². The van der Waals surface area contributed by atoms with E-state index < -0.39 is 20.9 Å². The molecule has 1 aliphatic heterocycles. The Bertz CT molecular complexity index is 1410. The zero-order valence-corrected chi connectivity index (χ0v) is 20.4. The van der Waals surface area contributed by atoms with E-state index >= 15 is 0 Å². The summed E-state index contributed by atoms with van der Waals surface area (Å²) in [5, 5.41) is 11.1. The first-order valence-electron chi connectivity index (χ1n) is 9.93. The lowest BCUT2D eigenvalue weighted by molar-refractivity contribution is -0.384. The first-order valence-corrected chi connectivity index (χ1v) is 13.4. The number of rotatable bonds is 6. The number of aromatic nitrogens is 1. The number of fused-ring (bicyclic) bond motifs is 1. The topological polar surface area (TPSA) is 115 Å². The summed E-state index contributed by atoms with van der Waals surface area (Å²) in [4.78, 5) is 28.3. The number of hydrogen-bond donors (Lipinski definition) is 0. The van der Waals surface area contributed by atoms with Crippen molar-refractivity contribution in [3.05, 3.63) is 62.2 Å². The van der Waals surface area contributed by atoms with Gasteiger partial charge < -0.3 is 4.57 Å². The summed E-state index contributed by atoms with van der Waals surface area (Å²) < 4.78 is 30.0. The molecule has 0 bridgehead atoms. The number of benzene rings is 1. The maximum atomic E-state index is 12.9. The van der Waals surface area contributed by atoms with E-state index in [1.807, 2.05) is 0 Å². The highest BCUT2D eigenvalue weighted by Crippen LogP contribution is 2.31. The van der Waals surface area contributed by atoms with Crippen LogP contribution in [0.4, 0.5) is 5.69 Å². The summed E-state index contributed by atoms with van der Waals surface area (Å²) in [6.07, 6.45) is 2.35. The first-order chi connectivity index (χ1) is 15.7. The third kappa shape index (κ3) is 4.80. The van der Waals surface area contributed by atoms with Gasteiger partial charge in [-0.25, -0.2) is 8.42 Å². The van der Waals surface area contributed by atoms with E-state index in [1.165, 1.54) is 33.8 Å². The van der Waals surface area contributed by atoms with E-state index in [0.717, 1.165) is 16.0 Å². The van der Waals surface area contributed by atoms with Crippen molar-refractivity contribution in [2.45, 2.75) is 23.6 Å². The monoisotopic (exact) mass is 526 g/mol. The van der Waals surface area contributed by atoms with Gasteiger partial charge >= 0.3 is 0 Å². The fourth-order valence-corrected chi connectivity index (χ4v) is 7.79. The van der Waals surface area contributed by atoms with Crippen molar-refractivity contribution < 1.29 is 18.1 Å². The molecule has 0 aliphatic carbocycles. The molecule has 9 nitrogen and oxygen atoms in total. The highest BCUT2D eigenvalue weighted by Gasteiger charge is 2.33. The molecule has 1 aliphatic rings. The van der Waals surface area contributed by atoms with E-state index in [2.05, 4.69) is 11.6 Å². The highest BCUT2D eigenvalue weighted by molar-refractivity contribution is 7.91. The van der Waals surface area contributed by atoms with Gasteiger partial charge in [0.1, 0.15) is 4.21 Å². The molecule has 0 radical (unpaired) electrons. The number of nitrogens with zero attached hydrogens (tertiary/aromatic N) is 4. The number of thiazole rings is 1. The van der Waals surface area contributed by atoms with Crippen LogP contribution in [0.3, 0.4) is 0 Å². The molecule has 1 aromatic carbocycles. The van der Waals surface area contributed by atoms with Gasteiger partial charge in [0.25, 0.3) is 21.6 Å². The van der Waals surface area contributed by atoms with Gasteiger partial charge in [0.15, 0.2) is 4.80 Å². The van der Waals surface area contributed by atoms with Gasteiger partial charge in [-0.3, -0.25) is 14.9 Å². The predicted octanol–water partition coefficient (Wildman–Crippen LogP) is 4.04. The van der Waals surface area contributed by atoms with Gasteiger partial charge in [0.2, 0.25) is 0 Å². The maximum absolute atomic E-state index is 12.9. The number of amides is 1. The first kappa shape index (κ1) is 23.8. The zero-order valence-electron chi connectivity index (χ0n) is 17.2. The van der Waals surface area contributed by atoms with E-state index in [-0.39, 0.29) is 28.9 Å². The summed E-state index contributed by atoms with van der Waals surface area (Å²) in [6, 6.07) is 7.55. The number of nitro benzene ring substituents is 1. The Morgan fingerprint density at radius 3 is 2.61 bits per heavy atom. The zero-order chi connectivity index (χ0) is 23.8. The number of thiophene rings is 1. The average molecular weight is 527 g/mol. The van der Waals surface area contributed by atoms with Gasteiger partial charge in [0.05, 0.1) is 19.5 Å². The van der Waals surface area contributed by atoms with Crippen LogP contribution in [0.15, 0.2) is 52.2 Å². The van der Waals surface area contributed by atoms with Crippen molar-refractivity contribution in [1.82, 2.24) is 8.87 Å². The Kier molecular flexibility index (Phi) is 6.82. The van der Waals surface area contributed by atoms with E-state index in [4.69, 9.17) is 11.6 Å². The number of sulfonamides is 1. The van der Waals surface area contributed by atoms with Gasteiger partial charge in [-0.15, -0.1) is 17.9 Å². The Labute approximate surface area is 202 Å². The Morgan fingerprint density at radius 1 is 1.27 bits per heavy atom. The van der Waals surface area contributed by atoms with Crippen LogP contribution in [0.1, 0.15) is 12.8 Å². The van der Waals surface area contributed by atoms with Gasteiger partial charge in [-0.05, 0) is 31.0 Å². The second-order valence-electron chi connectivity index (χ2n) is 7.38. The lowest BCUT2D eigenvalue weighted by Crippen LogP contribution is -2.40. The summed E-state index contributed by atoms with van der Waals surface area (Å²) in [6.45, 7) is 4.50. The molecule has 0 saturated carbocycles. The quantitative estimate of drug-likeness (QED) is 0.273. The van der Waals surface area contributed by atoms with Crippen molar-refractivity contribution >= 4 is 66.1 Å². The smallest absolute Gasteiger partial charge is 0.271 e. The number of nitro groups is 1. The lowest BCUT2D eigenvalue weighted by atomic mass is 9.98. The van der Waals surface area contributed by atoms with Crippen LogP contribution >= 0.6 is 34.3 Å². The SMILES string of the molecule is C=CCn1c(=NC(=O)C2CCN(S(=O)(=O)c3ccc(Cl)s3)CC2)sc2ccc([N+](=O)[O-])cc21. The Hall–Kier alpha value is -2.38. The molecular weight excluding hydrogens is 508 g/mol. The molecule has 0 unspecified atom stereocenters. The minimum atomic E-state index is -3.63. The highest BCUT2D eigenvalue weighted by atomic mass is 35.5. The Balaban J connectivity index is 1.56. The van der Waals surface area contributed by atoms with Crippen molar-refractivity contribution in [3.8, 4) is 0 Å². The lowest BCUT2D eigenvalue weighted by Gasteiger charge is -2.29. The molecule has 0 spiro atoms. The van der Waals surface area contributed by atoms with Gasteiger partial charge in [0, 0.05) is 37.7 Å². The largest absolute Gasteiger partial charge is 0.312 e. The van der Waals surface area contributed by atoms with Gasteiger partial charge in [-0.2, -0.15) is 9.30 Å². The second-order valence-corrected chi connectivity index (χ2v) is 12.3. The molecule has 1 amide bonds. The summed E-state index contributed by atoms with van der Waals surface area (Å²) >= 11 is 8.15. The number of carbonyl (C=O) groups is 1. The molecular formula is C20H19ClN4O5S3. The number of non-ortho nitro benzene ring substituents is 1. The molecule has 3 heterocycles. The molecule has 0 atom stereocenters. The average Bonchev–Trinajstić information content (AvgIpc) is 3.38. The number of hydrogen-bond acceptors (Lipinski definition) is 7. The van der Waals surface area contributed by atoms with Crippen molar-refractivity contribution in [1.29, 1.82) is 0 Å². The van der Waals surface area contributed by atoms with Crippen LogP contribution in [0.2, 0.25) is 4.34 Å². The third-order valence-corrected chi connectivity index (χ3v) is 10.00. The Morgan fingerprint density at radius 2 is 2.00 bits per heavy atom. The fraction of sp³-hybridized carbons (Fsp3) is 0.300. The fourth-order valence-electron chi connectivity index (χ4n) is 3.65. The molecule has 0 N–H and O–H groups in total. The summed E-state index contributed by atoms with van der Waals surface area (Å²) in [5.41, 5.74) is 0.563. The van der Waals surface area contributed by atoms with Crippen LogP contribution < -0.4 is 4.80 Å². The number of halogens is 1. The number of allylic oxidation sites excluding steroid dienone is 1. The van der Waals surface area contributed by atoms with Crippen molar-refractivity contribution in [2.24, 2.45) is 10.9 Å². The van der Waals surface area contributed by atoms with Crippen LogP contribution in [0.5, 0.6) is 0 Å². The van der Waals surface area contributed by atoms with Crippen molar-refractivity contribution in [2.75, 3.05) is 13.1 Å². The molecule has 2 aromatic heterocycles. The molecule has 33 heavy (non-hydrogen) atoms. The molecule has 13 heteroatoms. The third-order valence-electron chi connectivity index (χ3n) is 5.34. The van der Waals surface area contributed by atoms with E-state index in [9.17, 15) is 23.3 Å². The minimum Gasteiger partial charge on any atom is -0.312 e. The molecule has 174 valence electrons. The summed E-state index contributed by atoms with van der Waals surface area (Å²) in [7, 11) is -3.63. The maximum Gasteiger partial charge on any atom is 0.271 e. The van der Waals surface area contributed by atoms with Crippen molar-refractivity contribution in [3.63, 3.8) is 0 Å². The molecule has 1 saturated heterocycles. The molecule has 1 fully saturated rings. The van der Waals surface area contributed by atoms with Crippen LogP contribution in [0, 0.1) is 16.0 Å². The van der Waals surface area contributed by atoms with Crippen LogP contribution in [-0.2, 0) is 21.4 Å². The van der Waals surface area contributed by atoms with E-state index in [0.29, 0.717) is 34.0 Å². The molecule has 3 aromatic rings. The second kappa shape index (κ2) is 9.47. The summed E-state index contributed by atoms with van der Waals surface area (Å²) in [5.74, 6) is -0.731. The number of carbonyl (C=O) groups excluding carboxylic acids is 1. The molecule has 4 rings (SSSR count). The van der Waals surface area contributed by atoms with Crippen LogP contribution in [0.25, 0.3) is 10.2 Å². The predicted molar refractivity (Wildman–Crippen MR) is 128 cm³/mol. The minimum absolute atomic E-state index is 0.0448. The van der Waals surface area contributed by atoms with Crippen LogP contribution in [-0.4, -0.2) is 41.2 Å². The van der Waals surface area contributed by atoms with Gasteiger partial charge in [-0.1, -0.05) is 29.0 Å². The number of piperidine rings is 1.